The number of benzene rings is 2. The van der Waals surface area contributed by atoms with Crippen LogP contribution in [0.3, 0.4) is 0 Å². The van der Waals surface area contributed by atoms with E-state index in [9.17, 15) is 9.59 Å². The Morgan fingerprint density at radius 1 is 1.10 bits per heavy atom. The Morgan fingerprint density at radius 3 is 2.52 bits per heavy atom. The lowest BCUT2D eigenvalue weighted by Crippen LogP contribution is -2.37. The van der Waals surface area contributed by atoms with E-state index in [0.717, 1.165) is 12.0 Å². The summed E-state index contributed by atoms with van der Waals surface area (Å²) >= 11 is 1.31. The lowest BCUT2D eigenvalue weighted by molar-refractivity contribution is -0.131. The number of thiazole rings is 1. The van der Waals surface area contributed by atoms with E-state index in [1.54, 1.807) is 26.4 Å². The van der Waals surface area contributed by atoms with Gasteiger partial charge in [0.25, 0.3) is 5.91 Å². The smallest absolute Gasteiger partial charge is 0.257 e. The third-order valence-electron chi connectivity index (χ3n) is 5.21. The minimum absolute atomic E-state index is 0.00618. The van der Waals surface area contributed by atoms with Crippen LogP contribution in [0.2, 0.25) is 0 Å². The summed E-state index contributed by atoms with van der Waals surface area (Å²) in [6, 6.07) is 12.9. The molecule has 0 aliphatic carbocycles. The average Bonchev–Trinajstić information content (AvgIpc) is 3.24. The molecule has 2 amide bonds. The summed E-state index contributed by atoms with van der Waals surface area (Å²) in [5.41, 5.74) is 3.44. The number of fused-ring (bicyclic) bond motifs is 1. The molecule has 1 aromatic heterocycles. The largest absolute Gasteiger partial charge is 0.493 e. The Bertz CT molecular complexity index is 1100. The van der Waals surface area contributed by atoms with Gasteiger partial charge in [0.2, 0.25) is 5.91 Å². The Morgan fingerprint density at radius 2 is 1.81 bits per heavy atom. The maximum Gasteiger partial charge on any atom is 0.257 e. The van der Waals surface area contributed by atoms with Crippen LogP contribution in [-0.2, 0) is 24.2 Å². The van der Waals surface area contributed by atoms with E-state index in [4.69, 9.17) is 9.47 Å². The molecule has 2 aromatic carbocycles. The molecule has 2 heterocycles. The van der Waals surface area contributed by atoms with Gasteiger partial charge in [-0.25, -0.2) is 4.98 Å². The van der Waals surface area contributed by atoms with Crippen LogP contribution in [-0.4, -0.2) is 42.5 Å². The minimum atomic E-state index is -0.218. The van der Waals surface area contributed by atoms with Gasteiger partial charge in [-0.2, -0.15) is 0 Å². The highest BCUT2D eigenvalue weighted by Crippen LogP contribution is 2.33. The summed E-state index contributed by atoms with van der Waals surface area (Å²) in [5.74, 6) is 1.15. The first-order valence-corrected chi connectivity index (χ1v) is 10.8. The number of nitrogens with zero attached hydrogens (tertiary/aromatic N) is 2. The van der Waals surface area contributed by atoms with Gasteiger partial charge in [-0.1, -0.05) is 18.2 Å². The second-order valence-electron chi connectivity index (χ2n) is 7.18. The summed E-state index contributed by atoms with van der Waals surface area (Å²) in [5, 5.41) is 5.08. The van der Waals surface area contributed by atoms with Crippen molar-refractivity contribution in [2.75, 3.05) is 26.1 Å². The van der Waals surface area contributed by atoms with Gasteiger partial charge in [-0.3, -0.25) is 14.9 Å². The molecule has 160 valence electrons. The van der Waals surface area contributed by atoms with Crippen LogP contribution < -0.4 is 14.8 Å². The Balaban J connectivity index is 1.39. The van der Waals surface area contributed by atoms with E-state index in [1.165, 1.54) is 16.9 Å². The van der Waals surface area contributed by atoms with Crippen LogP contribution in [0.25, 0.3) is 0 Å². The number of carbonyl (C=O) groups excluding carboxylic acids is 2. The van der Waals surface area contributed by atoms with Crippen LogP contribution in [0.1, 0.15) is 27.2 Å². The molecule has 1 aliphatic heterocycles. The highest BCUT2D eigenvalue weighted by molar-refractivity contribution is 7.14. The number of nitrogens with one attached hydrogen (secondary N) is 1. The molecule has 0 bridgehead atoms. The number of rotatable bonds is 6. The molecule has 0 radical (unpaired) electrons. The molecular weight excluding hydrogens is 414 g/mol. The molecule has 3 aromatic rings. The standard InChI is InChI=1S/C23H23N3O4S/c1-29-19-10-16-8-9-26(13-17(16)11-20(19)30-2)21(27)12-18-14-31-23(24-18)25-22(28)15-6-4-3-5-7-15/h3-7,10-11,14H,8-9,12-13H2,1-2H3,(H,24,25,28). The maximum absolute atomic E-state index is 12.9. The van der Waals surface area contributed by atoms with Crippen molar-refractivity contribution < 1.29 is 19.1 Å². The average molecular weight is 438 g/mol. The second kappa shape index (κ2) is 9.18. The van der Waals surface area contributed by atoms with Crippen molar-refractivity contribution in [3.8, 4) is 11.5 Å². The van der Waals surface area contributed by atoms with Gasteiger partial charge in [0.05, 0.1) is 26.3 Å². The number of aromatic nitrogens is 1. The van der Waals surface area contributed by atoms with E-state index in [-0.39, 0.29) is 18.2 Å². The SMILES string of the molecule is COc1cc2c(cc1OC)CN(C(=O)Cc1csc(NC(=O)c3ccccc3)n1)CC2. The maximum atomic E-state index is 12.9. The van der Waals surface area contributed by atoms with Crippen molar-refractivity contribution in [2.45, 2.75) is 19.4 Å². The fourth-order valence-corrected chi connectivity index (χ4v) is 4.27. The minimum Gasteiger partial charge on any atom is -0.493 e. The normalized spacial score (nSPS) is 12.8. The third kappa shape index (κ3) is 4.69. The number of carbonyl (C=O) groups is 2. The summed E-state index contributed by atoms with van der Waals surface area (Å²) < 4.78 is 10.8. The lowest BCUT2D eigenvalue weighted by atomic mass is 9.98. The summed E-state index contributed by atoms with van der Waals surface area (Å²) in [4.78, 5) is 31.4. The van der Waals surface area contributed by atoms with Gasteiger partial charge >= 0.3 is 0 Å². The summed E-state index contributed by atoms with van der Waals surface area (Å²) in [7, 11) is 3.22. The molecular formula is C23H23N3O4S. The zero-order valence-electron chi connectivity index (χ0n) is 17.4. The monoisotopic (exact) mass is 437 g/mol. The van der Waals surface area contributed by atoms with Crippen LogP contribution in [0.5, 0.6) is 11.5 Å². The van der Waals surface area contributed by atoms with Crippen LogP contribution >= 0.6 is 11.3 Å². The Hall–Kier alpha value is -3.39. The predicted molar refractivity (Wildman–Crippen MR) is 119 cm³/mol. The fraction of sp³-hybridized carbons (Fsp3) is 0.261. The Labute approximate surface area is 184 Å². The van der Waals surface area contributed by atoms with Gasteiger partial charge in [-0.05, 0) is 41.8 Å². The zero-order chi connectivity index (χ0) is 21.8. The highest BCUT2D eigenvalue weighted by atomic mass is 32.1. The number of hydrogen-bond donors (Lipinski definition) is 1. The molecule has 0 atom stereocenters. The second-order valence-corrected chi connectivity index (χ2v) is 8.04. The highest BCUT2D eigenvalue weighted by Gasteiger charge is 2.23. The molecule has 31 heavy (non-hydrogen) atoms. The van der Waals surface area contributed by atoms with Crippen molar-refractivity contribution in [2.24, 2.45) is 0 Å². The van der Waals surface area contributed by atoms with Crippen LogP contribution in [0, 0.1) is 0 Å². The quantitative estimate of drug-likeness (QED) is 0.638. The lowest BCUT2D eigenvalue weighted by Gasteiger charge is -2.29. The molecule has 8 heteroatoms. The van der Waals surface area contributed by atoms with Gasteiger partial charge in [0, 0.05) is 24.0 Å². The number of anilines is 1. The third-order valence-corrected chi connectivity index (χ3v) is 6.02. The zero-order valence-corrected chi connectivity index (χ0v) is 18.2. The Kier molecular flexibility index (Phi) is 6.18. The van der Waals surface area contributed by atoms with Crippen molar-refractivity contribution in [1.82, 2.24) is 9.88 Å². The molecule has 4 rings (SSSR count). The molecule has 0 saturated carbocycles. The van der Waals surface area contributed by atoms with E-state index >= 15 is 0 Å². The summed E-state index contributed by atoms with van der Waals surface area (Å²) in [6.45, 7) is 1.17. The first kappa shape index (κ1) is 20.9. The van der Waals surface area contributed by atoms with Crippen LogP contribution in [0.15, 0.2) is 47.8 Å². The van der Waals surface area contributed by atoms with Gasteiger partial charge in [0.15, 0.2) is 16.6 Å². The van der Waals surface area contributed by atoms with Gasteiger partial charge in [0.1, 0.15) is 0 Å². The van der Waals surface area contributed by atoms with E-state index in [1.807, 2.05) is 40.6 Å². The molecule has 0 saturated heterocycles. The fourth-order valence-electron chi connectivity index (χ4n) is 3.57. The van der Waals surface area contributed by atoms with Crippen molar-refractivity contribution in [1.29, 1.82) is 0 Å². The summed E-state index contributed by atoms with van der Waals surface area (Å²) in [6.07, 6.45) is 0.956. The molecule has 0 fully saturated rings. The topological polar surface area (TPSA) is 80.8 Å². The molecule has 1 N–H and O–H groups in total. The first-order chi connectivity index (χ1) is 15.1. The molecule has 1 aliphatic rings. The van der Waals surface area contributed by atoms with E-state index in [0.29, 0.717) is 41.0 Å². The predicted octanol–water partition coefficient (Wildman–Crippen LogP) is 3.54. The number of ether oxygens (including phenoxy) is 2. The van der Waals surface area contributed by atoms with Crippen molar-refractivity contribution in [3.63, 3.8) is 0 Å². The number of hydrogen-bond acceptors (Lipinski definition) is 6. The number of amides is 2. The van der Waals surface area contributed by atoms with Gasteiger partial charge in [-0.15, -0.1) is 11.3 Å². The first-order valence-electron chi connectivity index (χ1n) is 9.89. The van der Waals surface area contributed by atoms with E-state index < -0.39 is 0 Å². The molecule has 7 nitrogen and oxygen atoms in total. The molecule has 0 unspecified atom stereocenters. The van der Waals surface area contributed by atoms with Crippen LogP contribution in [0.4, 0.5) is 5.13 Å². The van der Waals surface area contributed by atoms with Crippen molar-refractivity contribution in [3.05, 3.63) is 70.2 Å². The molecule has 0 spiro atoms. The van der Waals surface area contributed by atoms with Gasteiger partial charge < -0.3 is 14.4 Å². The van der Waals surface area contributed by atoms with Crippen molar-refractivity contribution >= 4 is 28.3 Å². The van der Waals surface area contributed by atoms with E-state index in [2.05, 4.69) is 10.3 Å². The number of methoxy groups -OCH3 is 2.